The van der Waals surface area contributed by atoms with E-state index in [0.717, 1.165) is 90.4 Å². The van der Waals surface area contributed by atoms with Crippen molar-refractivity contribution in [2.45, 2.75) is 93.1 Å². The maximum atomic E-state index is 11.9. The number of thiophene rings is 2. The van der Waals surface area contributed by atoms with Crippen LogP contribution in [0.2, 0.25) is 0 Å². The summed E-state index contributed by atoms with van der Waals surface area (Å²) < 4.78 is 112. The van der Waals surface area contributed by atoms with Crippen molar-refractivity contribution in [1.82, 2.24) is 0 Å². The average Bonchev–Trinajstić information content (AvgIpc) is 1.61. The molecule has 10 aromatic carbocycles. The van der Waals surface area contributed by atoms with Gasteiger partial charge in [0.2, 0.25) is 5.25 Å². The minimum atomic E-state index is -4.83. The first-order chi connectivity index (χ1) is 53.0. The summed E-state index contributed by atoms with van der Waals surface area (Å²) in [5.74, 6) is -0.753. The SMILES string of the molecule is CCc1c(/C=C2/Sc3ccc(OC)cc3N2CC)sc2ccc3ccccc3c12.CCc1c(/C=C2\Sc3ccc(OC)cc3N2CC(C(=O)O)S(=O)(=O)O)sc2ccc3ccccc3c12.O=S(=O)(O)CCCC1=C(/C=C2\Cc3ccc(-c4ccccc4)cc3C2CCCS(=O)(=O)O)Cc2ccc(-c3ccccc3)cc21. The van der Waals surface area contributed by atoms with Gasteiger partial charge in [0.25, 0.3) is 30.4 Å². The fraction of sp³-hybridized carbons (Fsp3) is 0.216. The zero-order chi connectivity index (χ0) is 77.2. The molecule has 0 saturated heterocycles. The van der Waals surface area contributed by atoms with E-state index in [1.807, 2.05) is 89.8 Å². The highest BCUT2D eigenvalue weighted by Gasteiger charge is 2.38. The van der Waals surface area contributed by atoms with Gasteiger partial charge in [-0.2, -0.15) is 25.3 Å². The number of hydrogen-bond acceptors (Lipinski definition) is 15. The van der Waals surface area contributed by atoms with Crippen molar-refractivity contribution in [3.05, 3.63) is 277 Å². The Labute approximate surface area is 658 Å². The molecule has 0 fully saturated rings. The number of carbonyl (C=O) groups is 1. The van der Waals surface area contributed by atoms with Gasteiger partial charge in [-0.1, -0.05) is 201 Å². The molecular weight excluding hydrogens is 1520 g/mol. The molecule has 4 N–H and O–H groups in total. The van der Waals surface area contributed by atoms with Crippen LogP contribution in [0.1, 0.15) is 95.5 Å². The van der Waals surface area contributed by atoms with Crippen molar-refractivity contribution < 1.29 is 58.3 Å². The largest absolute Gasteiger partial charge is 0.497 e. The third kappa shape index (κ3) is 16.8. The van der Waals surface area contributed by atoms with Gasteiger partial charge in [0.1, 0.15) is 11.5 Å². The number of thioether (sulfide) groups is 2. The van der Waals surface area contributed by atoms with Crippen LogP contribution in [-0.2, 0) is 60.8 Å². The topological polar surface area (TPSA) is 225 Å². The lowest BCUT2D eigenvalue weighted by molar-refractivity contribution is -0.136. The Morgan fingerprint density at radius 1 is 0.536 bits per heavy atom. The molecule has 0 radical (unpaired) electrons. The molecule has 2 aliphatic carbocycles. The molecule has 0 amide bonds. The first-order valence-electron chi connectivity index (χ1n) is 36.4. The van der Waals surface area contributed by atoms with Crippen LogP contribution in [0.4, 0.5) is 11.4 Å². The van der Waals surface area contributed by atoms with Gasteiger partial charge >= 0.3 is 5.97 Å². The van der Waals surface area contributed by atoms with Crippen LogP contribution in [0, 0.1) is 0 Å². The predicted octanol–water partition coefficient (Wildman–Crippen LogP) is 21.4. The number of fused-ring (bicyclic) bond motifs is 10. The summed E-state index contributed by atoms with van der Waals surface area (Å²) in [6.07, 6.45) is 11.6. The van der Waals surface area contributed by atoms with Crippen LogP contribution in [-0.4, -0.2) is 94.1 Å². The van der Waals surface area contributed by atoms with E-state index >= 15 is 0 Å². The second-order valence-electron chi connectivity index (χ2n) is 27.4. The number of aliphatic carboxylic acids is 1. The second-order valence-corrected chi connectivity index (χ2v) is 36.4. The summed E-state index contributed by atoms with van der Waals surface area (Å²) in [6, 6.07) is 70.7. The Morgan fingerprint density at radius 2 is 1.04 bits per heavy atom. The molecule has 110 heavy (non-hydrogen) atoms. The Kier molecular flexibility index (Phi) is 23.2. The van der Waals surface area contributed by atoms with Gasteiger partial charge in [-0.15, -0.1) is 22.7 Å². The first kappa shape index (κ1) is 77.4. The van der Waals surface area contributed by atoms with Crippen molar-refractivity contribution in [3.8, 4) is 33.8 Å². The highest BCUT2D eigenvalue weighted by molar-refractivity contribution is 8.04. The quantitative estimate of drug-likeness (QED) is 0.0463. The zero-order valence-electron chi connectivity index (χ0n) is 61.2. The predicted molar refractivity (Wildman–Crippen MR) is 455 cm³/mol. The van der Waals surface area contributed by atoms with E-state index in [2.05, 4.69) is 171 Å². The highest BCUT2D eigenvalue weighted by atomic mass is 32.2. The number of anilines is 2. The number of methoxy groups -OCH3 is 2. The standard InChI is InChI=1S/C37H36O6S2.C26H23NO6S3.C25H23NOS2/c38-44(39,40)19-7-13-34-32(21-30-17-15-28(24-36(30)34)26-9-3-1-4-10-26)23-33-22-31-18-16-29(27-11-5-2-6-12-27)25-37(31)35(33)14-8-20-45(41,42)43;1-3-17-22(34-21-10-8-15-6-4-5-7-18(15)25(17)21)13-24-27(14-23(26(28)29)36(30,31)32)19-12-16(33-2)9-11-20(19)35-24;1-4-18-23(28-22-12-10-16-8-6-7-9-19(16)25(18)22)15-24-26(5-2)20-14-17(27-3)11-13-21(20)29-24/h1-6,9-12,15-18,23-25,34H,7-8,13-14,19-22H2,(H,38,39,40)(H,41,42,43);4-13,23H,3,14H2,1-2H3,(H,28,29)(H,30,31,32);6-15H,4-5H2,1-3H3/b32-23+;24-13-;24-15+. The van der Waals surface area contributed by atoms with Gasteiger partial charge in [0.15, 0.2) is 0 Å². The summed E-state index contributed by atoms with van der Waals surface area (Å²) in [4.78, 5) is 20.3. The van der Waals surface area contributed by atoms with E-state index in [1.54, 1.807) is 35.5 Å². The Balaban J connectivity index is 0.000000141. The minimum Gasteiger partial charge on any atom is -0.497 e. The molecule has 2 unspecified atom stereocenters. The number of ether oxygens (including phenoxy) is 2. The second kappa shape index (κ2) is 32.9. The fourth-order valence-corrected chi connectivity index (χ4v) is 22.0. The molecule has 0 bridgehead atoms. The number of benzene rings is 10. The number of carboxylic acids is 1. The Morgan fingerprint density at radius 3 is 1.55 bits per heavy atom. The molecule has 2 atom stereocenters. The van der Waals surface area contributed by atoms with Crippen LogP contribution in [0.5, 0.6) is 11.5 Å². The number of hydrogen-bond donors (Lipinski definition) is 4. The molecular formula is C88H82N2O13S7. The summed E-state index contributed by atoms with van der Waals surface area (Å²) in [6.45, 7) is 7.08. The lowest BCUT2D eigenvalue weighted by Crippen LogP contribution is -2.40. The van der Waals surface area contributed by atoms with E-state index in [1.165, 1.54) is 104 Å². The molecule has 4 aliphatic rings. The molecule has 4 heterocycles. The van der Waals surface area contributed by atoms with Crippen LogP contribution in [0.25, 0.3) is 81.7 Å². The number of rotatable bonds is 22. The van der Waals surface area contributed by atoms with Gasteiger partial charge in [-0.25, -0.2) is 0 Å². The molecule has 12 aromatic rings. The van der Waals surface area contributed by atoms with Gasteiger partial charge in [-0.05, 0) is 201 Å². The third-order valence-corrected chi connectivity index (χ3v) is 27.9. The molecule has 0 spiro atoms. The molecule has 2 aromatic heterocycles. The van der Waals surface area contributed by atoms with Gasteiger partial charge < -0.3 is 24.4 Å². The number of nitrogens with zero attached hydrogens (tertiary/aromatic N) is 2. The molecule has 0 saturated carbocycles. The molecule has 15 nitrogen and oxygen atoms in total. The maximum absolute atomic E-state index is 11.9. The highest BCUT2D eigenvalue weighted by Crippen LogP contribution is 2.53. The van der Waals surface area contributed by atoms with Gasteiger partial charge in [0.05, 0.1) is 53.7 Å². The van der Waals surface area contributed by atoms with Crippen molar-refractivity contribution in [2.24, 2.45) is 0 Å². The molecule has 564 valence electrons. The van der Waals surface area contributed by atoms with Crippen LogP contribution in [0.3, 0.4) is 0 Å². The van der Waals surface area contributed by atoms with E-state index in [-0.39, 0.29) is 17.4 Å². The molecule has 16 rings (SSSR count). The Bertz CT molecular complexity index is 6050. The zero-order valence-corrected chi connectivity index (χ0v) is 66.9. The average molecular weight is 1600 g/mol. The normalized spacial score (nSPS) is 16.0. The first-order valence-corrected chi connectivity index (χ1v) is 44.4. The van der Waals surface area contributed by atoms with Gasteiger partial charge in [0, 0.05) is 64.3 Å². The van der Waals surface area contributed by atoms with Crippen molar-refractivity contribution in [1.29, 1.82) is 0 Å². The number of aryl methyl sites for hydroxylation is 2. The minimum absolute atomic E-state index is 0.0134. The van der Waals surface area contributed by atoms with Crippen LogP contribution < -0.4 is 19.3 Å². The van der Waals surface area contributed by atoms with Crippen LogP contribution in [0.15, 0.2) is 243 Å². The lowest BCUT2D eigenvalue weighted by atomic mass is 9.89. The Hall–Kier alpha value is -9.30. The summed E-state index contributed by atoms with van der Waals surface area (Å²) in [5.41, 5.74) is 16.9. The monoisotopic (exact) mass is 1600 g/mol. The smallest absolute Gasteiger partial charge is 0.326 e. The maximum Gasteiger partial charge on any atom is 0.326 e. The molecule has 2 aliphatic heterocycles. The van der Waals surface area contributed by atoms with Crippen molar-refractivity contribution in [2.75, 3.05) is 48.6 Å². The third-order valence-electron chi connectivity index (χ3n) is 20.7. The summed E-state index contributed by atoms with van der Waals surface area (Å²) >= 11 is 6.83. The summed E-state index contributed by atoms with van der Waals surface area (Å²) in [5, 5.41) is 17.2. The lowest BCUT2D eigenvalue weighted by Gasteiger charge is -2.23. The number of allylic oxidation sites excluding steroid dienone is 4. The van der Waals surface area contributed by atoms with Crippen molar-refractivity contribution >= 4 is 153 Å². The molecule has 22 heteroatoms. The van der Waals surface area contributed by atoms with E-state index in [9.17, 15) is 48.8 Å². The summed E-state index contributed by atoms with van der Waals surface area (Å²) in [7, 11) is -9.74. The van der Waals surface area contributed by atoms with Crippen molar-refractivity contribution in [3.63, 3.8) is 0 Å². The van der Waals surface area contributed by atoms with E-state index in [0.29, 0.717) is 48.6 Å². The fourth-order valence-electron chi connectivity index (χ4n) is 15.5. The van der Waals surface area contributed by atoms with E-state index < -0.39 is 48.1 Å². The van der Waals surface area contributed by atoms with E-state index in [4.69, 9.17) is 9.47 Å². The van der Waals surface area contributed by atoms with Gasteiger partial charge in [-0.3, -0.25) is 18.5 Å². The number of carboxylic acid groups (broad SMARTS) is 1. The van der Waals surface area contributed by atoms with Crippen LogP contribution >= 0.6 is 46.2 Å².